The van der Waals surface area contributed by atoms with Gasteiger partial charge in [-0.3, -0.25) is 0 Å². The van der Waals surface area contributed by atoms with Crippen molar-refractivity contribution >= 4 is 11.4 Å². The molecule has 0 saturated carbocycles. The number of nitrogens with two attached hydrogens (primary N) is 2. The molecule has 1 rings (SSSR count). The molecule has 4 N–H and O–H groups in total. The number of halogens is 2. The molecule has 68 valence electrons. The highest BCUT2D eigenvalue weighted by atomic mass is 19.3. The third kappa shape index (κ3) is 1.64. The van der Waals surface area contributed by atoms with Gasteiger partial charge >= 0.3 is 0 Å². The van der Waals surface area contributed by atoms with E-state index in [1.165, 1.54) is 0 Å². The standard InChI is InChI=1S/C7H6F2N4/c8-7(9)4-1-3(11)6(12)5(2-10)13-4/h1,7H,12H2,(H2,11,13). The molecule has 1 aromatic heterocycles. The second kappa shape index (κ2) is 3.23. The van der Waals surface area contributed by atoms with Crippen LogP contribution in [0.25, 0.3) is 0 Å². The van der Waals surface area contributed by atoms with E-state index in [1.807, 2.05) is 0 Å². The normalized spacial score (nSPS) is 10.0. The smallest absolute Gasteiger partial charge is 0.280 e. The first kappa shape index (κ1) is 9.19. The zero-order valence-corrected chi connectivity index (χ0v) is 6.46. The van der Waals surface area contributed by atoms with Crippen LogP contribution >= 0.6 is 0 Å². The second-order valence-corrected chi connectivity index (χ2v) is 2.31. The van der Waals surface area contributed by atoms with Gasteiger partial charge in [-0.2, -0.15) is 5.26 Å². The van der Waals surface area contributed by atoms with Gasteiger partial charge in [0.05, 0.1) is 11.4 Å². The number of nitriles is 1. The fraction of sp³-hybridized carbons (Fsp3) is 0.143. The summed E-state index contributed by atoms with van der Waals surface area (Å²) < 4.78 is 24.3. The number of alkyl halides is 2. The maximum absolute atomic E-state index is 12.1. The van der Waals surface area contributed by atoms with Crippen LogP contribution in [-0.2, 0) is 0 Å². The minimum absolute atomic E-state index is 0.0538. The molecule has 0 bridgehead atoms. The van der Waals surface area contributed by atoms with E-state index in [0.717, 1.165) is 6.07 Å². The van der Waals surface area contributed by atoms with Crippen molar-refractivity contribution < 1.29 is 8.78 Å². The predicted octanol–water partition coefficient (Wildman–Crippen LogP) is 1.06. The van der Waals surface area contributed by atoms with Crippen LogP contribution in [0.15, 0.2) is 6.07 Å². The van der Waals surface area contributed by atoms with Crippen molar-refractivity contribution in [2.45, 2.75) is 6.43 Å². The van der Waals surface area contributed by atoms with Crippen molar-refractivity contribution in [3.05, 3.63) is 17.5 Å². The highest BCUT2D eigenvalue weighted by Crippen LogP contribution is 2.24. The number of hydrogen-bond donors (Lipinski definition) is 2. The molecule has 1 aromatic rings. The molecule has 0 aromatic carbocycles. The van der Waals surface area contributed by atoms with Crippen molar-refractivity contribution in [3.63, 3.8) is 0 Å². The quantitative estimate of drug-likeness (QED) is 0.682. The van der Waals surface area contributed by atoms with Gasteiger partial charge in [-0.15, -0.1) is 0 Å². The van der Waals surface area contributed by atoms with Gasteiger partial charge in [-0.25, -0.2) is 13.8 Å². The average Bonchev–Trinajstić information content (AvgIpc) is 2.09. The Morgan fingerprint density at radius 1 is 1.46 bits per heavy atom. The number of anilines is 2. The first-order valence-corrected chi connectivity index (χ1v) is 3.30. The fourth-order valence-corrected chi connectivity index (χ4v) is 0.792. The molecule has 0 saturated heterocycles. The number of pyridine rings is 1. The molecular formula is C7H6F2N4. The average molecular weight is 184 g/mol. The van der Waals surface area contributed by atoms with E-state index >= 15 is 0 Å². The third-order valence-electron chi connectivity index (χ3n) is 1.44. The Kier molecular flexibility index (Phi) is 2.28. The minimum atomic E-state index is -2.75. The maximum Gasteiger partial charge on any atom is 0.280 e. The molecule has 0 aliphatic rings. The molecule has 0 radical (unpaired) electrons. The molecule has 0 aliphatic carbocycles. The SMILES string of the molecule is N#Cc1nc(C(F)F)cc(N)c1N. The van der Waals surface area contributed by atoms with Crippen LogP contribution in [0.5, 0.6) is 0 Å². The lowest BCUT2D eigenvalue weighted by molar-refractivity contribution is 0.146. The molecule has 13 heavy (non-hydrogen) atoms. The van der Waals surface area contributed by atoms with Crippen LogP contribution in [0.1, 0.15) is 17.8 Å². The highest BCUT2D eigenvalue weighted by Gasteiger charge is 2.13. The van der Waals surface area contributed by atoms with Crippen molar-refractivity contribution in [2.24, 2.45) is 0 Å². The molecule has 0 unspecified atom stereocenters. The molecule has 4 nitrogen and oxygen atoms in total. The minimum Gasteiger partial charge on any atom is -0.397 e. The largest absolute Gasteiger partial charge is 0.397 e. The van der Waals surface area contributed by atoms with E-state index in [-0.39, 0.29) is 17.1 Å². The Balaban J connectivity index is 3.32. The highest BCUT2D eigenvalue weighted by molar-refractivity contribution is 5.68. The lowest BCUT2D eigenvalue weighted by Crippen LogP contribution is -2.03. The Morgan fingerprint density at radius 3 is 2.54 bits per heavy atom. The summed E-state index contributed by atoms with van der Waals surface area (Å²) in [5, 5.41) is 8.46. The summed E-state index contributed by atoms with van der Waals surface area (Å²) in [6, 6.07) is 2.54. The summed E-state index contributed by atoms with van der Waals surface area (Å²) in [6.07, 6.45) is -2.75. The van der Waals surface area contributed by atoms with Crippen molar-refractivity contribution in [1.29, 1.82) is 5.26 Å². The number of hydrogen-bond acceptors (Lipinski definition) is 4. The van der Waals surface area contributed by atoms with Crippen LogP contribution in [0, 0.1) is 11.3 Å². The van der Waals surface area contributed by atoms with Crippen molar-refractivity contribution in [1.82, 2.24) is 4.98 Å². The van der Waals surface area contributed by atoms with Gasteiger partial charge in [0.25, 0.3) is 6.43 Å². The molecule has 0 fully saturated rings. The van der Waals surface area contributed by atoms with E-state index in [1.54, 1.807) is 6.07 Å². The molecule has 6 heteroatoms. The Hall–Kier alpha value is -1.90. The second-order valence-electron chi connectivity index (χ2n) is 2.31. The first-order chi connectivity index (χ1) is 6.06. The van der Waals surface area contributed by atoms with E-state index in [0.29, 0.717) is 0 Å². The van der Waals surface area contributed by atoms with Crippen LogP contribution in [0.2, 0.25) is 0 Å². The van der Waals surface area contributed by atoms with E-state index in [4.69, 9.17) is 16.7 Å². The van der Waals surface area contributed by atoms with Gasteiger partial charge < -0.3 is 11.5 Å². The van der Waals surface area contributed by atoms with E-state index in [9.17, 15) is 8.78 Å². The number of rotatable bonds is 1. The molecular weight excluding hydrogens is 178 g/mol. The molecule has 0 amide bonds. The van der Waals surface area contributed by atoms with Crippen molar-refractivity contribution in [3.8, 4) is 6.07 Å². The summed E-state index contributed by atoms with van der Waals surface area (Å²) in [7, 11) is 0. The zero-order valence-electron chi connectivity index (χ0n) is 6.46. The van der Waals surface area contributed by atoms with Gasteiger partial charge in [0.15, 0.2) is 5.69 Å². The van der Waals surface area contributed by atoms with E-state index < -0.39 is 12.1 Å². The predicted molar refractivity (Wildman–Crippen MR) is 42.7 cm³/mol. The first-order valence-electron chi connectivity index (χ1n) is 3.30. The van der Waals surface area contributed by atoms with Gasteiger partial charge in [-0.05, 0) is 6.07 Å². The Bertz CT molecular complexity index is 369. The Labute approximate surface area is 72.8 Å². The lowest BCUT2D eigenvalue weighted by atomic mass is 10.2. The summed E-state index contributed by atoms with van der Waals surface area (Å²) in [5.41, 5.74) is 9.67. The van der Waals surface area contributed by atoms with Crippen molar-refractivity contribution in [2.75, 3.05) is 11.5 Å². The van der Waals surface area contributed by atoms with Crippen LogP contribution in [0.4, 0.5) is 20.2 Å². The summed E-state index contributed by atoms with van der Waals surface area (Å²) in [4.78, 5) is 3.34. The lowest BCUT2D eigenvalue weighted by Gasteiger charge is -2.04. The maximum atomic E-state index is 12.1. The van der Waals surface area contributed by atoms with Crippen LogP contribution < -0.4 is 11.5 Å². The van der Waals surface area contributed by atoms with Gasteiger partial charge in [-0.1, -0.05) is 0 Å². The summed E-state index contributed by atoms with van der Waals surface area (Å²) >= 11 is 0. The number of nitrogens with zero attached hydrogens (tertiary/aromatic N) is 2. The Morgan fingerprint density at radius 2 is 2.08 bits per heavy atom. The van der Waals surface area contributed by atoms with Crippen LogP contribution in [-0.4, -0.2) is 4.98 Å². The van der Waals surface area contributed by atoms with Crippen LogP contribution in [0.3, 0.4) is 0 Å². The van der Waals surface area contributed by atoms with E-state index in [2.05, 4.69) is 4.98 Å². The topological polar surface area (TPSA) is 88.7 Å². The summed E-state index contributed by atoms with van der Waals surface area (Å²) in [6.45, 7) is 0. The fourth-order valence-electron chi connectivity index (χ4n) is 0.792. The zero-order chi connectivity index (χ0) is 10.0. The summed E-state index contributed by atoms with van der Waals surface area (Å²) in [5.74, 6) is 0. The van der Waals surface area contributed by atoms with Gasteiger partial charge in [0, 0.05) is 0 Å². The van der Waals surface area contributed by atoms with Gasteiger partial charge in [0.2, 0.25) is 0 Å². The monoisotopic (exact) mass is 184 g/mol. The molecule has 0 atom stereocenters. The molecule has 1 heterocycles. The molecule has 0 aliphatic heterocycles. The number of nitrogen functional groups attached to an aromatic ring is 2. The van der Waals surface area contributed by atoms with Gasteiger partial charge in [0.1, 0.15) is 11.8 Å². The third-order valence-corrected chi connectivity index (χ3v) is 1.44. The molecule has 0 spiro atoms. The number of aromatic nitrogens is 1.